The number of benzene rings is 2. The molecule has 0 fully saturated rings. The molecule has 0 saturated heterocycles. The molecule has 390 valence electrons. The highest BCUT2D eigenvalue weighted by molar-refractivity contribution is 7.84. The Morgan fingerprint density at radius 2 is 1.17 bits per heavy atom. The van der Waals surface area contributed by atoms with Crippen molar-refractivity contribution in [3.63, 3.8) is 0 Å². The third kappa shape index (κ3) is 13.4. The van der Waals surface area contributed by atoms with Gasteiger partial charge in [-0.15, -0.1) is 0 Å². The number of amides is 2. The molecule has 5 atom stereocenters. The summed E-state index contributed by atoms with van der Waals surface area (Å²) in [7, 11) is -8.87. The van der Waals surface area contributed by atoms with E-state index < -0.39 is 56.2 Å². The van der Waals surface area contributed by atoms with Gasteiger partial charge in [0, 0.05) is 48.1 Å². The van der Waals surface area contributed by atoms with E-state index in [-0.39, 0.29) is 103 Å². The molecule has 2 amide bonds. The van der Waals surface area contributed by atoms with Gasteiger partial charge in [-0.25, -0.2) is 10.3 Å². The van der Waals surface area contributed by atoms with Gasteiger partial charge in [0.05, 0.1) is 24.2 Å². The van der Waals surface area contributed by atoms with Gasteiger partial charge in [-0.05, 0) is 125 Å². The number of nitrogens with zero attached hydrogens (tertiary/aromatic N) is 2. The van der Waals surface area contributed by atoms with Gasteiger partial charge in [-0.2, -0.15) is 16.8 Å². The molecular formula is C51H70N4O14S2. The summed E-state index contributed by atoms with van der Waals surface area (Å²) in [5.41, 5.74) is 4.04. The fourth-order valence-electron chi connectivity index (χ4n) is 9.87. The van der Waals surface area contributed by atoms with E-state index in [1.54, 1.807) is 18.7 Å². The zero-order valence-electron chi connectivity index (χ0n) is 42.0. The van der Waals surface area contributed by atoms with Crippen LogP contribution < -0.4 is 19.8 Å². The van der Waals surface area contributed by atoms with Crippen LogP contribution in [0.1, 0.15) is 163 Å². The molecule has 0 radical (unpaired) electrons. The van der Waals surface area contributed by atoms with Crippen molar-refractivity contribution in [1.29, 1.82) is 0 Å². The third-order valence-electron chi connectivity index (χ3n) is 13.8. The van der Waals surface area contributed by atoms with E-state index in [1.165, 1.54) is 28.2 Å². The Bertz CT molecular complexity index is 2740. The van der Waals surface area contributed by atoms with Crippen LogP contribution in [0.2, 0.25) is 0 Å². The Kier molecular flexibility index (Phi) is 17.3. The Labute approximate surface area is 418 Å². The molecule has 71 heavy (non-hydrogen) atoms. The standard InChI is InChI=1S/C51H70N4O14S2/c1-31(2)14-9-16-33(5)18-11-21-50(7)43(68-70(52,61)62)26-37-41(57)24-35-39(46(37)66-50)28-54(48(35)59)23-13-20-45(65-30-56)55-29-40-36(49(55)60)25-42(58)38-27-44(69-71(53,63)64)51(8,67-47(38)40)22-12-19-34(6)17-10-15-32(3)4/h14-15,18-19,24-25,30,43-45,57-58H,9-13,16-17,20-23,26-29H2,1-8H3,(H2,52,61,62)(H2,53,63,64)/b33-18+,34-19+/t43-,44-,45+,50+,51+/m0/s1. The van der Waals surface area contributed by atoms with Crippen LogP contribution in [0, 0.1) is 0 Å². The predicted octanol–water partition coefficient (Wildman–Crippen LogP) is 7.50. The second-order valence-electron chi connectivity index (χ2n) is 20.2. The molecule has 0 bridgehead atoms. The van der Waals surface area contributed by atoms with Crippen LogP contribution in [0.3, 0.4) is 0 Å². The molecule has 0 aliphatic carbocycles. The molecule has 4 heterocycles. The van der Waals surface area contributed by atoms with E-state index in [0.717, 1.165) is 36.8 Å². The topological polar surface area (TPSA) is 265 Å². The predicted molar refractivity (Wildman–Crippen MR) is 266 cm³/mol. The van der Waals surface area contributed by atoms with Crippen LogP contribution >= 0.6 is 0 Å². The molecule has 0 unspecified atom stereocenters. The first-order valence-electron chi connectivity index (χ1n) is 24.0. The van der Waals surface area contributed by atoms with E-state index in [2.05, 4.69) is 24.3 Å². The second-order valence-corrected chi connectivity index (χ2v) is 22.5. The van der Waals surface area contributed by atoms with E-state index in [9.17, 15) is 41.4 Å². The Balaban J connectivity index is 1.17. The number of carbonyl (C=O) groups is 3. The molecule has 4 aliphatic rings. The van der Waals surface area contributed by atoms with Crippen LogP contribution in [0.25, 0.3) is 0 Å². The highest BCUT2D eigenvalue weighted by atomic mass is 32.2. The second kappa shape index (κ2) is 22.3. The number of ether oxygens (including phenoxy) is 3. The summed E-state index contributed by atoms with van der Waals surface area (Å²) in [5, 5.41) is 33.2. The smallest absolute Gasteiger partial charge is 0.333 e. The maximum Gasteiger partial charge on any atom is 0.333 e. The SMILES string of the molecule is CC(C)=CCC/C(C)=C/CC[C@@]1(C)Oc2c(c(O)cc3c2CN(CCC[C@@H](OC=O)N2Cc4c(cc(O)c5c4O[C@](C)(CC/C=C(\C)CCC=C(C)C)[C@@H](OS(N)(=O)=O)C5)C2=O)C3=O)C[C@@H]1OS(N)(=O)=O. The normalized spacial score (nSPS) is 22.5. The Morgan fingerprint density at radius 3 is 1.61 bits per heavy atom. The van der Waals surface area contributed by atoms with Gasteiger partial charge in [-0.3, -0.25) is 27.6 Å². The zero-order valence-corrected chi connectivity index (χ0v) is 43.7. The summed E-state index contributed by atoms with van der Waals surface area (Å²) < 4.78 is 78.6. The van der Waals surface area contributed by atoms with Crippen molar-refractivity contribution >= 4 is 38.9 Å². The molecule has 0 saturated carbocycles. The van der Waals surface area contributed by atoms with Crippen LogP contribution in [0.5, 0.6) is 23.0 Å². The first-order chi connectivity index (χ1) is 33.2. The molecule has 0 aromatic heterocycles. The molecular weight excluding hydrogens is 957 g/mol. The van der Waals surface area contributed by atoms with Crippen molar-refractivity contribution in [2.75, 3.05) is 6.54 Å². The Morgan fingerprint density at radius 1 is 0.718 bits per heavy atom. The minimum atomic E-state index is -4.45. The summed E-state index contributed by atoms with van der Waals surface area (Å²) >= 11 is 0. The van der Waals surface area contributed by atoms with Gasteiger partial charge in [0.1, 0.15) is 46.4 Å². The van der Waals surface area contributed by atoms with Crippen LogP contribution in [-0.4, -0.2) is 91.3 Å². The lowest BCUT2D eigenvalue weighted by atomic mass is 9.84. The summed E-state index contributed by atoms with van der Waals surface area (Å²) in [5.74, 6) is -1.02. The first-order valence-corrected chi connectivity index (χ1v) is 27.0. The van der Waals surface area contributed by atoms with Crippen molar-refractivity contribution in [3.05, 3.63) is 92.1 Å². The molecule has 2 aromatic carbocycles. The van der Waals surface area contributed by atoms with Gasteiger partial charge in [0.25, 0.3) is 18.3 Å². The number of allylic oxidation sites excluding steroid dienone is 8. The largest absolute Gasteiger partial charge is 0.508 e. The van der Waals surface area contributed by atoms with Gasteiger partial charge in [0.15, 0.2) is 6.23 Å². The number of hydrogen-bond donors (Lipinski definition) is 4. The Hall–Kier alpha value is -5.25. The fourth-order valence-corrected chi connectivity index (χ4v) is 11.1. The number of rotatable bonds is 23. The zero-order chi connectivity index (χ0) is 52.2. The van der Waals surface area contributed by atoms with Gasteiger partial charge >= 0.3 is 20.6 Å². The molecule has 6 N–H and O–H groups in total. The van der Waals surface area contributed by atoms with Crippen molar-refractivity contribution in [2.24, 2.45) is 10.3 Å². The lowest BCUT2D eigenvalue weighted by Crippen LogP contribution is -2.52. The maximum absolute atomic E-state index is 14.1. The average Bonchev–Trinajstić information content (AvgIpc) is 3.75. The highest BCUT2D eigenvalue weighted by Gasteiger charge is 2.49. The highest BCUT2D eigenvalue weighted by Crippen LogP contribution is 2.49. The quantitative estimate of drug-likeness (QED) is 0.0621. The van der Waals surface area contributed by atoms with Crippen LogP contribution in [0.15, 0.2) is 58.7 Å². The minimum absolute atomic E-state index is 0.0563. The number of phenols is 2. The van der Waals surface area contributed by atoms with E-state index in [0.29, 0.717) is 36.8 Å². The van der Waals surface area contributed by atoms with E-state index in [1.807, 2.05) is 41.5 Å². The minimum Gasteiger partial charge on any atom is -0.508 e. The molecule has 18 nitrogen and oxygen atoms in total. The van der Waals surface area contributed by atoms with E-state index in [4.69, 9.17) is 32.9 Å². The number of aromatic hydroxyl groups is 2. The van der Waals surface area contributed by atoms with Gasteiger partial charge < -0.3 is 29.3 Å². The summed E-state index contributed by atoms with van der Waals surface area (Å²) in [6.07, 6.45) is 10.5. The number of nitrogens with two attached hydrogens (primary N) is 2. The fraction of sp³-hybridized carbons (Fsp3) is 0.549. The number of phenolic OH excluding ortho intramolecular Hbond substituents is 2. The maximum atomic E-state index is 14.1. The molecule has 2 aromatic rings. The number of hydrogen-bond acceptors (Lipinski definition) is 14. The van der Waals surface area contributed by atoms with Crippen molar-refractivity contribution in [2.45, 2.75) is 175 Å². The van der Waals surface area contributed by atoms with Crippen LogP contribution in [0.4, 0.5) is 0 Å². The van der Waals surface area contributed by atoms with Crippen molar-refractivity contribution < 1.29 is 64.0 Å². The van der Waals surface area contributed by atoms with Crippen molar-refractivity contribution in [3.8, 4) is 23.0 Å². The summed E-state index contributed by atoms with van der Waals surface area (Å²) in [4.78, 5) is 42.9. The average molecular weight is 1030 g/mol. The van der Waals surface area contributed by atoms with Gasteiger partial charge in [-0.1, -0.05) is 46.6 Å². The lowest BCUT2D eigenvalue weighted by molar-refractivity contribution is -0.141. The summed E-state index contributed by atoms with van der Waals surface area (Å²) in [6, 6.07) is 2.62. The lowest BCUT2D eigenvalue weighted by Gasteiger charge is -2.42. The number of carbonyl (C=O) groups excluding carboxylic acids is 3. The number of fused-ring (bicyclic) bond motifs is 6. The van der Waals surface area contributed by atoms with Gasteiger partial charge in [0.2, 0.25) is 0 Å². The van der Waals surface area contributed by atoms with E-state index >= 15 is 0 Å². The molecule has 6 rings (SSSR count). The monoisotopic (exact) mass is 1030 g/mol. The molecule has 4 aliphatic heterocycles. The molecule has 20 heteroatoms. The first kappa shape index (κ1) is 55.1. The van der Waals surface area contributed by atoms with Crippen molar-refractivity contribution in [1.82, 2.24) is 9.80 Å². The summed E-state index contributed by atoms with van der Waals surface area (Å²) in [6.45, 7) is 16.0. The third-order valence-corrected chi connectivity index (χ3v) is 14.8. The molecule has 0 spiro atoms. The van der Waals surface area contributed by atoms with Crippen LogP contribution in [-0.2, 0) is 64.4 Å².